The van der Waals surface area contributed by atoms with E-state index in [1.807, 2.05) is 38.4 Å². The summed E-state index contributed by atoms with van der Waals surface area (Å²) in [6.07, 6.45) is 4.57. The van der Waals surface area contributed by atoms with Crippen molar-refractivity contribution in [2.75, 3.05) is 11.5 Å². The zero-order valence-electron chi connectivity index (χ0n) is 19.2. The number of aliphatic imine (C=N–C) groups is 1. The van der Waals surface area contributed by atoms with Gasteiger partial charge in [0.1, 0.15) is 17.4 Å². The van der Waals surface area contributed by atoms with Crippen molar-refractivity contribution in [1.82, 2.24) is 0 Å². The lowest BCUT2D eigenvalue weighted by Gasteiger charge is -2.27. The average Bonchev–Trinajstić information content (AvgIpc) is 2.84. The minimum atomic E-state index is -0.529. The molecular weight excluding hydrogens is 426 g/mol. The van der Waals surface area contributed by atoms with E-state index in [9.17, 15) is 5.26 Å². The van der Waals surface area contributed by atoms with Crippen molar-refractivity contribution >= 4 is 33.3 Å². The van der Waals surface area contributed by atoms with E-state index in [0.29, 0.717) is 6.61 Å². The van der Waals surface area contributed by atoms with Gasteiger partial charge < -0.3 is 9.64 Å². The maximum absolute atomic E-state index is 9.26. The van der Waals surface area contributed by atoms with Crippen molar-refractivity contribution in [1.29, 1.82) is 5.26 Å². The summed E-state index contributed by atoms with van der Waals surface area (Å²) in [5, 5.41) is 12.6. The first-order chi connectivity index (χ1) is 15.9. The normalized spacial score (nSPS) is 13.7. The van der Waals surface area contributed by atoms with Gasteiger partial charge in [-0.3, -0.25) is 0 Å². The van der Waals surface area contributed by atoms with E-state index >= 15 is 0 Å². The number of hydrogen-bond donors (Lipinski definition) is 0. The molecule has 0 spiro atoms. The van der Waals surface area contributed by atoms with Gasteiger partial charge >= 0.3 is 0 Å². The summed E-state index contributed by atoms with van der Waals surface area (Å²) in [5.74, 6) is 0.815. The number of nitrogens with zero attached hydrogens (tertiary/aromatic N) is 3. The Morgan fingerprint density at radius 2 is 1.88 bits per heavy atom. The number of rotatable bonds is 6. The van der Waals surface area contributed by atoms with Crippen LogP contribution in [0.25, 0.3) is 10.8 Å². The molecule has 1 aliphatic rings. The Morgan fingerprint density at radius 1 is 1.09 bits per heavy atom. The fraction of sp³-hybridized carbons (Fsp3) is 0.214. The van der Waals surface area contributed by atoms with Crippen molar-refractivity contribution in [3.05, 3.63) is 90.9 Å². The van der Waals surface area contributed by atoms with Crippen LogP contribution in [0.1, 0.15) is 26.3 Å². The first-order valence-corrected chi connectivity index (χ1v) is 11.8. The summed E-state index contributed by atoms with van der Waals surface area (Å²) in [4.78, 5) is 7.77. The van der Waals surface area contributed by atoms with Crippen LogP contribution in [0.2, 0.25) is 0 Å². The molecule has 0 atom stereocenters. The molecule has 3 aromatic carbocycles. The molecule has 0 saturated carbocycles. The third kappa shape index (κ3) is 5.13. The summed E-state index contributed by atoms with van der Waals surface area (Å²) in [5.41, 5.74) is 2.40. The van der Waals surface area contributed by atoms with E-state index < -0.39 is 5.41 Å². The van der Waals surface area contributed by atoms with E-state index in [4.69, 9.17) is 4.74 Å². The molecule has 33 heavy (non-hydrogen) atoms. The van der Waals surface area contributed by atoms with Crippen LogP contribution in [0.15, 0.2) is 95.2 Å². The van der Waals surface area contributed by atoms with Crippen LogP contribution in [0.4, 0.5) is 5.69 Å². The molecule has 1 heterocycles. The largest absolute Gasteiger partial charge is 0.492 e. The zero-order valence-corrected chi connectivity index (χ0v) is 20.0. The van der Waals surface area contributed by atoms with E-state index in [0.717, 1.165) is 39.1 Å². The van der Waals surface area contributed by atoms with Gasteiger partial charge in [-0.15, -0.1) is 0 Å². The molecule has 3 aromatic rings. The van der Waals surface area contributed by atoms with E-state index in [2.05, 4.69) is 78.0 Å². The lowest BCUT2D eigenvalue weighted by Crippen LogP contribution is -2.22. The van der Waals surface area contributed by atoms with Crippen LogP contribution in [-0.4, -0.2) is 11.7 Å². The minimum absolute atomic E-state index is 0.353. The number of nitriles is 1. The number of hydrogen-bond acceptors (Lipinski definition) is 5. The number of fused-ring (bicyclic) bond motifs is 1. The first kappa shape index (κ1) is 22.7. The van der Waals surface area contributed by atoms with Crippen LogP contribution in [-0.2, 0) is 6.42 Å². The molecule has 0 fully saturated rings. The molecule has 0 aromatic heterocycles. The topological polar surface area (TPSA) is 48.6 Å². The second-order valence-electron chi connectivity index (χ2n) is 8.59. The highest BCUT2D eigenvalue weighted by Crippen LogP contribution is 2.34. The quantitative estimate of drug-likeness (QED) is 0.392. The van der Waals surface area contributed by atoms with Crippen LogP contribution in [0.5, 0.6) is 5.75 Å². The fourth-order valence-electron chi connectivity index (χ4n) is 3.53. The summed E-state index contributed by atoms with van der Waals surface area (Å²) in [6.45, 7) is 10.5. The zero-order chi connectivity index (χ0) is 23.4. The molecule has 5 heteroatoms. The molecule has 0 bridgehead atoms. The van der Waals surface area contributed by atoms with Gasteiger partial charge in [-0.1, -0.05) is 55.6 Å². The molecule has 1 aliphatic heterocycles. The van der Waals surface area contributed by atoms with E-state index in [1.54, 1.807) is 11.8 Å². The SMILES string of the molecule is C=C1C(Sc2ccc3ccccc3c2)=NC=CN1c1ccc(OCC(C)(C)C#N)c(CC)c1. The average molecular weight is 454 g/mol. The Balaban J connectivity index is 1.52. The molecule has 0 amide bonds. The Bertz CT molecular complexity index is 1300. The standard InChI is InChI=1S/C28H27N3OS/c1-5-21-16-24(11-13-26(21)32-19-28(3,4)18-29)31-15-14-30-27(20(31)2)33-25-12-10-22-8-6-7-9-23(22)17-25/h6-17H,2,5,19H2,1,3-4H3. The smallest absolute Gasteiger partial charge is 0.124 e. The van der Waals surface area contributed by atoms with Gasteiger partial charge in [0.15, 0.2) is 0 Å². The second kappa shape index (κ2) is 9.56. The van der Waals surface area contributed by atoms with Crippen molar-refractivity contribution < 1.29 is 4.74 Å². The second-order valence-corrected chi connectivity index (χ2v) is 9.65. The Labute approximate surface area is 199 Å². The number of thioether (sulfide) groups is 1. The van der Waals surface area contributed by atoms with E-state index in [-0.39, 0.29) is 0 Å². The Hall–Kier alpha value is -3.49. The van der Waals surface area contributed by atoms with Crippen molar-refractivity contribution in [3.63, 3.8) is 0 Å². The fourth-order valence-corrected chi connectivity index (χ4v) is 4.40. The monoisotopic (exact) mass is 453 g/mol. The molecule has 0 unspecified atom stereocenters. The van der Waals surface area contributed by atoms with Gasteiger partial charge in [0.2, 0.25) is 0 Å². The number of benzene rings is 3. The van der Waals surface area contributed by atoms with Gasteiger partial charge in [-0.2, -0.15) is 5.26 Å². The van der Waals surface area contributed by atoms with Crippen LogP contribution < -0.4 is 9.64 Å². The van der Waals surface area contributed by atoms with Crippen molar-refractivity contribution in [3.8, 4) is 11.8 Å². The molecule has 4 rings (SSSR count). The lowest BCUT2D eigenvalue weighted by molar-refractivity contribution is 0.225. The summed E-state index contributed by atoms with van der Waals surface area (Å²) in [6, 6.07) is 23.2. The number of ether oxygens (including phenoxy) is 1. The highest BCUT2D eigenvalue weighted by atomic mass is 32.2. The Kier molecular flexibility index (Phi) is 6.57. The highest BCUT2D eigenvalue weighted by molar-refractivity contribution is 8.14. The third-order valence-corrected chi connectivity index (χ3v) is 6.50. The minimum Gasteiger partial charge on any atom is -0.492 e. The van der Waals surface area contributed by atoms with Gasteiger partial charge in [0, 0.05) is 23.0 Å². The summed E-state index contributed by atoms with van der Waals surface area (Å²) < 4.78 is 5.98. The van der Waals surface area contributed by atoms with Gasteiger partial charge in [-0.05, 0) is 66.9 Å². The lowest BCUT2D eigenvalue weighted by atomic mass is 9.97. The molecule has 0 N–H and O–H groups in total. The third-order valence-electron chi connectivity index (χ3n) is 5.47. The van der Waals surface area contributed by atoms with Crippen LogP contribution >= 0.6 is 11.8 Å². The maximum atomic E-state index is 9.26. The molecule has 0 aliphatic carbocycles. The van der Waals surface area contributed by atoms with Crippen molar-refractivity contribution in [2.24, 2.45) is 10.4 Å². The summed E-state index contributed by atoms with van der Waals surface area (Å²) >= 11 is 1.61. The number of anilines is 1. The Morgan fingerprint density at radius 3 is 2.64 bits per heavy atom. The highest BCUT2D eigenvalue weighted by Gasteiger charge is 2.21. The predicted molar refractivity (Wildman–Crippen MR) is 139 cm³/mol. The number of aryl methyl sites for hydroxylation is 1. The molecule has 4 nitrogen and oxygen atoms in total. The predicted octanol–water partition coefficient (Wildman–Crippen LogP) is 7.33. The summed E-state index contributed by atoms with van der Waals surface area (Å²) in [7, 11) is 0. The first-order valence-electron chi connectivity index (χ1n) is 11.0. The molecule has 166 valence electrons. The van der Waals surface area contributed by atoms with Crippen LogP contribution in [0.3, 0.4) is 0 Å². The van der Waals surface area contributed by atoms with E-state index in [1.165, 1.54) is 10.8 Å². The van der Waals surface area contributed by atoms with Gasteiger partial charge in [0.05, 0.1) is 17.2 Å². The molecule has 0 radical (unpaired) electrons. The molecular formula is C28H27N3OS. The van der Waals surface area contributed by atoms with Gasteiger partial charge in [-0.25, -0.2) is 4.99 Å². The van der Waals surface area contributed by atoms with Crippen molar-refractivity contribution in [2.45, 2.75) is 32.1 Å². The maximum Gasteiger partial charge on any atom is 0.124 e. The molecule has 0 saturated heterocycles. The van der Waals surface area contributed by atoms with Gasteiger partial charge in [0.25, 0.3) is 0 Å². The van der Waals surface area contributed by atoms with Crippen LogP contribution in [0, 0.1) is 16.7 Å².